The van der Waals surface area contributed by atoms with E-state index in [1.165, 1.54) is 20.8 Å². The van der Waals surface area contributed by atoms with Crippen LogP contribution in [0.2, 0.25) is 0 Å². The van der Waals surface area contributed by atoms with Crippen LogP contribution in [0, 0.1) is 5.82 Å². The molecule has 2 saturated heterocycles. The van der Waals surface area contributed by atoms with Crippen LogP contribution in [-0.2, 0) is 16.1 Å². The van der Waals surface area contributed by atoms with E-state index in [0.717, 1.165) is 17.0 Å². The number of imide groups is 1. The van der Waals surface area contributed by atoms with E-state index in [4.69, 9.17) is 11.0 Å². The molecule has 1 atom stereocenters. The lowest BCUT2D eigenvalue weighted by Gasteiger charge is -2.41. The van der Waals surface area contributed by atoms with Crippen LogP contribution >= 0.6 is 0 Å². The van der Waals surface area contributed by atoms with Gasteiger partial charge in [-0.3, -0.25) is 24.6 Å². The van der Waals surface area contributed by atoms with Gasteiger partial charge in [0.15, 0.2) is 0 Å². The first-order valence-electron chi connectivity index (χ1n) is 13.4. The smallest absolute Gasteiger partial charge is 0.255 e. The molecule has 0 aromatic heterocycles. The van der Waals surface area contributed by atoms with Crippen molar-refractivity contribution < 1.29 is 29.7 Å². The number of piperidine rings is 2. The molecule has 0 spiro atoms. The summed E-state index contributed by atoms with van der Waals surface area (Å²) in [6.07, 6.45) is -6.16. The molecular formula is C22H28FN3O3. The van der Waals surface area contributed by atoms with Crippen LogP contribution in [0.3, 0.4) is 0 Å². The fraction of sp³-hybridized carbons (Fsp3) is 0.591. The number of fused-ring (bicyclic) bond motifs is 1. The third-order valence-electron chi connectivity index (χ3n) is 5.26. The van der Waals surface area contributed by atoms with Crippen molar-refractivity contribution in [1.29, 1.82) is 0 Å². The van der Waals surface area contributed by atoms with E-state index in [1.54, 1.807) is 0 Å². The fourth-order valence-electron chi connectivity index (χ4n) is 3.64. The molecule has 0 bridgehead atoms. The highest BCUT2D eigenvalue weighted by Gasteiger charge is 2.40. The number of halogens is 1. The standard InChI is InChI=1S/C22H28FN3O3/c1-22(2,3)25-8-6-13(7-9-25)15-10-14-12-26(21(29)16(14)11-17(15)23)18-4-5-19(27)24-20(18)28/h10-11,13,18H,4-9,12H2,1-3H3,(H,24,27,28)/t18-/m0/s1/i6D2,7D2,8D2,9D2. The lowest BCUT2D eigenvalue weighted by atomic mass is 9.86. The number of carbonyl (C=O) groups excluding carboxylic acids is 3. The molecule has 0 unspecified atom stereocenters. The predicted octanol–water partition coefficient (Wildman–Crippen LogP) is 2.56. The molecule has 3 aliphatic rings. The van der Waals surface area contributed by atoms with Crippen LogP contribution in [0.25, 0.3) is 0 Å². The Hall–Kier alpha value is -2.28. The minimum Gasteiger partial charge on any atom is -0.322 e. The number of benzene rings is 1. The Bertz CT molecular complexity index is 1170. The summed E-state index contributed by atoms with van der Waals surface area (Å²) in [4.78, 5) is 38.5. The lowest BCUT2D eigenvalue weighted by molar-refractivity contribution is -0.136. The average Bonchev–Trinajstić information content (AvgIpc) is 3.01. The summed E-state index contributed by atoms with van der Waals surface area (Å²) in [5, 5.41) is 2.15. The van der Waals surface area contributed by atoms with Gasteiger partial charge in [-0.2, -0.15) is 0 Å². The van der Waals surface area contributed by atoms with E-state index in [1.807, 2.05) is 0 Å². The van der Waals surface area contributed by atoms with E-state index >= 15 is 4.39 Å². The van der Waals surface area contributed by atoms with Crippen molar-refractivity contribution in [2.45, 2.75) is 70.4 Å². The summed E-state index contributed by atoms with van der Waals surface area (Å²) in [6.45, 7) is -2.03. The summed E-state index contributed by atoms with van der Waals surface area (Å²) in [6, 6.07) is 0.875. The van der Waals surface area contributed by atoms with E-state index in [-0.39, 0.29) is 30.5 Å². The van der Waals surface area contributed by atoms with Crippen LogP contribution in [0.15, 0.2) is 12.1 Å². The third-order valence-corrected chi connectivity index (χ3v) is 5.26. The first-order valence-corrected chi connectivity index (χ1v) is 9.44. The first kappa shape index (κ1) is 12.4. The largest absolute Gasteiger partial charge is 0.322 e. The Morgan fingerprint density at radius 2 is 1.86 bits per heavy atom. The molecule has 3 heterocycles. The van der Waals surface area contributed by atoms with Gasteiger partial charge in [0.1, 0.15) is 11.9 Å². The van der Waals surface area contributed by atoms with Crippen molar-refractivity contribution in [3.8, 4) is 0 Å². The van der Waals surface area contributed by atoms with E-state index in [2.05, 4.69) is 5.32 Å². The number of nitrogens with one attached hydrogen (secondary N) is 1. The Labute approximate surface area is 181 Å². The van der Waals surface area contributed by atoms with Crippen LogP contribution in [0.5, 0.6) is 0 Å². The minimum absolute atomic E-state index is 0.00701. The second-order valence-corrected chi connectivity index (χ2v) is 8.38. The predicted molar refractivity (Wildman–Crippen MR) is 106 cm³/mol. The van der Waals surface area contributed by atoms with Gasteiger partial charge < -0.3 is 4.90 Å². The summed E-state index contributed by atoms with van der Waals surface area (Å²) in [5.74, 6) is -5.26. The van der Waals surface area contributed by atoms with Gasteiger partial charge in [-0.15, -0.1) is 0 Å². The monoisotopic (exact) mass is 409 g/mol. The molecule has 0 aliphatic carbocycles. The molecule has 0 saturated carbocycles. The number of hydrogen-bond acceptors (Lipinski definition) is 4. The molecule has 4 rings (SSSR count). The highest BCUT2D eigenvalue weighted by Crippen LogP contribution is 2.36. The zero-order chi connectivity index (χ0) is 28.1. The fourth-order valence-corrected chi connectivity index (χ4v) is 3.64. The molecule has 2 fully saturated rings. The number of rotatable bonds is 2. The first-order chi connectivity index (χ1) is 16.7. The maximum absolute atomic E-state index is 15.5. The Morgan fingerprint density at radius 3 is 2.48 bits per heavy atom. The number of nitrogens with zero attached hydrogens (tertiary/aromatic N) is 2. The zero-order valence-electron chi connectivity index (χ0n) is 24.4. The molecule has 3 amide bonds. The van der Waals surface area contributed by atoms with Gasteiger partial charge in [0.2, 0.25) is 11.8 Å². The number of amides is 3. The van der Waals surface area contributed by atoms with Crippen molar-refractivity contribution in [3.63, 3.8) is 0 Å². The van der Waals surface area contributed by atoms with Crippen LogP contribution < -0.4 is 5.32 Å². The third kappa shape index (κ3) is 3.68. The van der Waals surface area contributed by atoms with Gasteiger partial charge in [0.05, 0.1) is 0 Å². The van der Waals surface area contributed by atoms with Crippen molar-refractivity contribution in [1.82, 2.24) is 15.1 Å². The number of carbonyl (C=O) groups is 3. The second-order valence-electron chi connectivity index (χ2n) is 8.38. The molecule has 156 valence electrons. The Kier molecular flexibility index (Phi) is 3.08. The highest BCUT2D eigenvalue weighted by atomic mass is 19.1. The maximum Gasteiger partial charge on any atom is 0.255 e. The summed E-state index contributed by atoms with van der Waals surface area (Å²) in [5.41, 5.74) is -1.90. The zero-order valence-corrected chi connectivity index (χ0v) is 16.4. The normalized spacial score (nSPS) is 35.1. The molecular weight excluding hydrogens is 373 g/mol. The van der Waals surface area contributed by atoms with Gasteiger partial charge >= 0.3 is 0 Å². The quantitative estimate of drug-likeness (QED) is 0.763. The topological polar surface area (TPSA) is 69.7 Å². The van der Waals surface area contributed by atoms with Gasteiger partial charge in [-0.05, 0) is 76.0 Å². The van der Waals surface area contributed by atoms with Gasteiger partial charge in [-0.1, -0.05) is 6.07 Å². The van der Waals surface area contributed by atoms with Crippen LogP contribution in [0.4, 0.5) is 4.39 Å². The van der Waals surface area contributed by atoms with Gasteiger partial charge in [0, 0.05) is 35.0 Å². The molecule has 6 nitrogen and oxygen atoms in total. The molecule has 1 aromatic carbocycles. The van der Waals surface area contributed by atoms with Crippen molar-refractivity contribution in [2.24, 2.45) is 0 Å². The molecule has 0 radical (unpaired) electrons. The van der Waals surface area contributed by atoms with E-state index in [9.17, 15) is 14.4 Å². The van der Waals surface area contributed by atoms with Crippen molar-refractivity contribution in [3.05, 3.63) is 34.6 Å². The van der Waals surface area contributed by atoms with Crippen LogP contribution in [-0.4, -0.2) is 52.1 Å². The SMILES string of the molecule is [2H]C1([2H])C(c2cc3c(cc2F)C(=O)N([C@H]2CCC(=O)NC2=O)C3)C([2H])([2H])C([2H])([2H])N(C(C)(C)C)C1([2H])[2H]. The summed E-state index contributed by atoms with van der Waals surface area (Å²) >= 11 is 0. The Balaban J connectivity index is 1.82. The van der Waals surface area contributed by atoms with Crippen LogP contribution in [0.1, 0.15) is 84.7 Å². The van der Waals surface area contributed by atoms with Crippen molar-refractivity contribution >= 4 is 17.7 Å². The Morgan fingerprint density at radius 1 is 1.17 bits per heavy atom. The molecule has 29 heavy (non-hydrogen) atoms. The average molecular weight is 410 g/mol. The number of likely N-dealkylation sites (tertiary alicyclic amines) is 1. The highest BCUT2D eigenvalue weighted by molar-refractivity contribution is 6.05. The molecule has 1 N–H and O–H groups in total. The molecule has 7 heteroatoms. The minimum atomic E-state index is -3.11. The maximum atomic E-state index is 15.5. The summed E-state index contributed by atoms with van der Waals surface area (Å²) < 4.78 is 84.4. The lowest BCUT2D eigenvalue weighted by Crippen LogP contribution is -2.52. The van der Waals surface area contributed by atoms with Crippen molar-refractivity contribution in [2.75, 3.05) is 13.0 Å². The van der Waals surface area contributed by atoms with Gasteiger partial charge in [-0.25, -0.2) is 4.39 Å². The van der Waals surface area contributed by atoms with E-state index in [0.29, 0.717) is 4.90 Å². The van der Waals surface area contributed by atoms with Gasteiger partial charge in [0.25, 0.3) is 5.91 Å². The second kappa shape index (κ2) is 7.20. The van der Waals surface area contributed by atoms with E-state index < -0.39 is 72.3 Å². The molecule has 3 aliphatic heterocycles. The molecule has 1 aromatic rings. The number of hydrogen-bond donors (Lipinski definition) is 1. The summed E-state index contributed by atoms with van der Waals surface area (Å²) in [7, 11) is 0.